The SMILES string of the molecule is Cc1n[nH]c(CN2CCC(C(N)=O)CC2)c1Oc1cc(Cl)cc(Cl)c1. The van der Waals surface area contributed by atoms with Gasteiger partial charge in [-0.15, -0.1) is 0 Å². The number of aryl methyl sites for hydroxylation is 1. The van der Waals surface area contributed by atoms with Gasteiger partial charge in [-0.3, -0.25) is 14.8 Å². The Kier molecular flexibility index (Phi) is 5.51. The van der Waals surface area contributed by atoms with Gasteiger partial charge in [-0.25, -0.2) is 0 Å². The Bertz CT molecular complexity index is 750. The molecule has 1 aliphatic rings. The summed E-state index contributed by atoms with van der Waals surface area (Å²) in [4.78, 5) is 13.5. The van der Waals surface area contributed by atoms with E-state index in [1.165, 1.54) is 0 Å². The van der Waals surface area contributed by atoms with Gasteiger partial charge in [0, 0.05) is 22.5 Å². The molecule has 1 aliphatic heterocycles. The van der Waals surface area contributed by atoms with Gasteiger partial charge < -0.3 is 10.5 Å². The molecule has 25 heavy (non-hydrogen) atoms. The van der Waals surface area contributed by atoms with Crippen molar-refractivity contribution in [3.63, 3.8) is 0 Å². The minimum absolute atomic E-state index is 0.0240. The van der Waals surface area contributed by atoms with E-state index in [0.717, 1.165) is 37.3 Å². The molecule has 6 nitrogen and oxygen atoms in total. The predicted molar refractivity (Wildman–Crippen MR) is 97.1 cm³/mol. The lowest BCUT2D eigenvalue weighted by molar-refractivity contribution is -0.123. The van der Waals surface area contributed by atoms with Crippen molar-refractivity contribution in [1.29, 1.82) is 0 Å². The van der Waals surface area contributed by atoms with Crippen LogP contribution in [0.5, 0.6) is 11.5 Å². The lowest BCUT2D eigenvalue weighted by Crippen LogP contribution is -2.38. The molecular weight excluding hydrogens is 363 g/mol. The number of aromatic amines is 1. The highest BCUT2D eigenvalue weighted by Crippen LogP contribution is 2.32. The molecule has 134 valence electrons. The van der Waals surface area contributed by atoms with Crippen LogP contribution in [-0.2, 0) is 11.3 Å². The molecule has 1 amide bonds. The number of carbonyl (C=O) groups is 1. The number of benzene rings is 1. The highest BCUT2D eigenvalue weighted by atomic mass is 35.5. The van der Waals surface area contributed by atoms with Crippen molar-refractivity contribution in [2.45, 2.75) is 26.3 Å². The second-order valence-electron chi connectivity index (χ2n) is 6.28. The summed E-state index contributed by atoms with van der Waals surface area (Å²) in [7, 11) is 0. The van der Waals surface area contributed by atoms with Gasteiger partial charge in [-0.1, -0.05) is 23.2 Å². The Balaban J connectivity index is 1.71. The van der Waals surface area contributed by atoms with E-state index in [2.05, 4.69) is 15.1 Å². The second-order valence-corrected chi connectivity index (χ2v) is 7.15. The highest BCUT2D eigenvalue weighted by Gasteiger charge is 2.24. The maximum absolute atomic E-state index is 11.3. The molecule has 8 heteroatoms. The van der Waals surface area contributed by atoms with Gasteiger partial charge >= 0.3 is 0 Å². The van der Waals surface area contributed by atoms with Gasteiger partial charge in [0.1, 0.15) is 11.4 Å². The molecule has 0 atom stereocenters. The maximum atomic E-state index is 11.3. The van der Waals surface area contributed by atoms with Gasteiger partial charge in [0.2, 0.25) is 5.91 Å². The number of rotatable bonds is 5. The van der Waals surface area contributed by atoms with E-state index in [1.807, 2.05) is 6.92 Å². The normalized spacial score (nSPS) is 16.1. The van der Waals surface area contributed by atoms with Crippen LogP contribution in [0.4, 0.5) is 0 Å². The topological polar surface area (TPSA) is 84.2 Å². The molecule has 3 rings (SSSR count). The quantitative estimate of drug-likeness (QED) is 0.828. The number of primary amides is 1. The fraction of sp³-hybridized carbons (Fsp3) is 0.412. The lowest BCUT2D eigenvalue weighted by atomic mass is 9.96. The summed E-state index contributed by atoms with van der Waals surface area (Å²) >= 11 is 12.1. The Morgan fingerprint density at radius 1 is 1.32 bits per heavy atom. The average molecular weight is 383 g/mol. The van der Waals surface area contributed by atoms with Crippen LogP contribution in [-0.4, -0.2) is 34.1 Å². The molecular formula is C17H20Cl2N4O2. The van der Waals surface area contributed by atoms with Crippen molar-refractivity contribution in [1.82, 2.24) is 15.1 Å². The maximum Gasteiger partial charge on any atom is 0.220 e. The van der Waals surface area contributed by atoms with Gasteiger partial charge in [-0.05, 0) is 51.1 Å². The van der Waals surface area contributed by atoms with Crippen LogP contribution in [0, 0.1) is 12.8 Å². The van der Waals surface area contributed by atoms with E-state index in [4.69, 9.17) is 33.7 Å². The number of ether oxygens (including phenoxy) is 1. The third kappa shape index (κ3) is 4.45. The fourth-order valence-electron chi connectivity index (χ4n) is 3.02. The number of aromatic nitrogens is 2. The molecule has 0 saturated carbocycles. The van der Waals surface area contributed by atoms with Gasteiger partial charge in [-0.2, -0.15) is 5.10 Å². The Morgan fingerprint density at radius 2 is 1.96 bits per heavy atom. The van der Waals surface area contributed by atoms with Crippen LogP contribution in [0.2, 0.25) is 10.0 Å². The van der Waals surface area contributed by atoms with Crippen LogP contribution >= 0.6 is 23.2 Å². The molecule has 0 spiro atoms. The number of nitrogens with two attached hydrogens (primary N) is 1. The number of piperidine rings is 1. The van der Waals surface area contributed by atoms with Crippen molar-refractivity contribution < 1.29 is 9.53 Å². The monoisotopic (exact) mass is 382 g/mol. The number of amides is 1. The largest absolute Gasteiger partial charge is 0.453 e. The van der Waals surface area contributed by atoms with E-state index in [-0.39, 0.29) is 11.8 Å². The van der Waals surface area contributed by atoms with Crippen LogP contribution in [0.1, 0.15) is 24.2 Å². The average Bonchev–Trinajstić information content (AvgIpc) is 2.87. The minimum Gasteiger partial charge on any atom is -0.453 e. The smallest absolute Gasteiger partial charge is 0.220 e. The van der Waals surface area contributed by atoms with E-state index >= 15 is 0 Å². The molecule has 2 heterocycles. The Hall–Kier alpha value is -1.76. The molecule has 0 bridgehead atoms. The molecule has 0 aliphatic carbocycles. The number of nitrogens with zero attached hydrogens (tertiary/aromatic N) is 2. The zero-order valence-electron chi connectivity index (χ0n) is 13.9. The van der Waals surface area contributed by atoms with E-state index in [0.29, 0.717) is 28.1 Å². The highest BCUT2D eigenvalue weighted by molar-refractivity contribution is 6.34. The van der Waals surface area contributed by atoms with Crippen molar-refractivity contribution in [2.75, 3.05) is 13.1 Å². The number of hydrogen-bond acceptors (Lipinski definition) is 4. The van der Waals surface area contributed by atoms with Crippen LogP contribution in [0.25, 0.3) is 0 Å². The van der Waals surface area contributed by atoms with Crippen LogP contribution in [0.15, 0.2) is 18.2 Å². The zero-order valence-corrected chi connectivity index (χ0v) is 15.4. The zero-order chi connectivity index (χ0) is 18.0. The first-order valence-corrected chi connectivity index (χ1v) is 8.87. The number of carbonyl (C=O) groups excluding carboxylic acids is 1. The predicted octanol–water partition coefficient (Wildman–Crippen LogP) is 3.51. The first-order valence-electron chi connectivity index (χ1n) is 8.12. The lowest BCUT2D eigenvalue weighted by Gasteiger charge is -2.30. The second kappa shape index (κ2) is 7.64. The summed E-state index contributed by atoms with van der Waals surface area (Å²) in [6, 6.07) is 5.08. The van der Waals surface area contributed by atoms with Crippen molar-refractivity contribution in [3.8, 4) is 11.5 Å². The fourth-order valence-corrected chi connectivity index (χ4v) is 3.52. The molecule has 1 saturated heterocycles. The molecule has 2 aromatic rings. The van der Waals surface area contributed by atoms with Crippen LogP contribution < -0.4 is 10.5 Å². The number of nitrogens with one attached hydrogen (secondary N) is 1. The van der Waals surface area contributed by atoms with Gasteiger partial charge in [0.05, 0.1) is 5.69 Å². The molecule has 1 aromatic carbocycles. The molecule has 0 unspecified atom stereocenters. The molecule has 3 N–H and O–H groups in total. The van der Waals surface area contributed by atoms with Crippen molar-refractivity contribution in [3.05, 3.63) is 39.6 Å². The van der Waals surface area contributed by atoms with E-state index in [9.17, 15) is 4.79 Å². The van der Waals surface area contributed by atoms with Crippen molar-refractivity contribution in [2.24, 2.45) is 11.7 Å². The van der Waals surface area contributed by atoms with Crippen molar-refractivity contribution >= 4 is 29.1 Å². The first kappa shape index (κ1) is 18.0. The summed E-state index contributed by atoms with van der Waals surface area (Å²) in [5, 5.41) is 8.31. The standard InChI is InChI=1S/C17H20Cl2N4O2/c1-10-16(25-14-7-12(18)6-13(19)8-14)15(22-21-10)9-23-4-2-11(3-5-23)17(20)24/h6-8,11H,2-5,9H2,1H3,(H2,20,24)(H,21,22). The summed E-state index contributed by atoms with van der Waals surface area (Å²) in [5.74, 6) is 1.01. The minimum atomic E-state index is -0.209. The molecule has 1 fully saturated rings. The summed E-state index contributed by atoms with van der Waals surface area (Å²) in [6.45, 7) is 4.17. The van der Waals surface area contributed by atoms with Gasteiger partial charge in [0.25, 0.3) is 0 Å². The van der Waals surface area contributed by atoms with Crippen LogP contribution in [0.3, 0.4) is 0 Å². The third-order valence-corrected chi connectivity index (χ3v) is 4.83. The summed E-state index contributed by atoms with van der Waals surface area (Å²) in [5.41, 5.74) is 7.03. The Labute approximate surface area is 156 Å². The Morgan fingerprint density at radius 3 is 2.56 bits per heavy atom. The summed E-state index contributed by atoms with van der Waals surface area (Å²) < 4.78 is 5.98. The van der Waals surface area contributed by atoms with E-state index < -0.39 is 0 Å². The van der Waals surface area contributed by atoms with Gasteiger partial charge in [0.15, 0.2) is 5.75 Å². The number of halogens is 2. The molecule has 1 aromatic heterocycles. The van der Waals surface area contributed by atoms with E-state index in [1.54, 1.807) is 18.2 Å². The first-order chi connectivity index (χ1) is 11.9. The summed E-state index contributed by atoms with van der Waals surface area (Å²) in [6.07, 6.45) is 1.56. The number of likely N-dealkylation sites (tertiary alicyclic amines) is 1. The third-order valence-electron chi connectivity index (χ3n) is 4.39. The number of hydrogen-bond donors (Lipinski definition) is 2. The molecule has 0 radical (unpaired) electrons. The number of H-pyrrole nitrogens is 1.